The van der Waals surface area contributed by atoms with E-state index in [1.165, 1.54) is 23.4 Å². The van der Waals surface area contributed by atoms with Crippen LogP contribution in [0.15, 0.2) is 30.9 Å². The molecule has 2 atom stereocenters. The van der Waals surface area contributed by atoms with Crippen LogP contribution >= 0.6 is 34.8 Å². The zero-order valence-electron chi connectivity index (χ0n) is 14.4. The minimum absolute atomic E-state index is 0.227. The third-order valence-corrected chi connectivity index (χ3v) is 5.42. The molecule has 2 unspecified atom stereocenters. The predicted octanol–water partition coefficient (Wildman–Crippen LogP) is 4.27. The van der Waals surface area contributed by atoms with Gasteiger partial charge in [0.2, 0.25) is 0 Å². The number of primary amides is 1. The summed E-state index contributed by atoms with van der Waals surface area (Å²) in [6, 6.07) is 4.66. The molecule has 0 saturated carbocycles. The molecule has 10 heteroatoms. The van der Waals surface area contributed by atoms with Gasteiger partial charge in [-0.15, -0.1) is 11.6 Å². The molecule has 1 heterocycles. The van der Waals surface area contributed by atoms with Crippen LogP contribution in [0.5, 0.6) is 5.75 Å². The highest BCUT2D eigenvalue weighted by Gasteiger charge is 2.52. The minimum Gasteiger partial charge on any atom is -0.432 e. The number of hydrogen-bond acceptors (Lipinski definition) is 5. The average molecular weight is 422 g/mol. The lowest BCUT2D eigenvalue weighted by Crippen LogP contribution is -2.55. The van der Waals surface area contributed by atoms with Crippen molar-refractivity contribution in [2.45, 2.75) is 26.7 Å². The van der Waals surface area contributed by atoms with Crippen LogP contribution in [0.2, 0.25) is 10.0 Å². The van der Waals surface area contributed by atoms with E-state index in [2.05, 4.69) is 10.1 Å². The number of aromatic nitrogens is 3. The fourth-order valence-electron chi connectivity index (χ4n) is 2.33. The maximum Gasteiger partial charge on any atom is 0.409 e. The van der Waals surface area contributed by atoms with Gasteiger partial charge >= 0.3 is 12.0 Å². The number of hydrogen-bond donors (Lipinski definition) is 1. The van der Waals surface area contributed by atoms with Gasteiger partial charge < -0.3 is 15.2 Å². The highest BCUT2D eigenvalue weighted by atomic mass is 35.5. The Kier molecular flexibility index (Phi) is 6.26. The van der Waals surface area contributed by atoms with Crippen molar-refractivity contribution in [2.24, 2.45) is 17.1 Å². The van der Waals surface area contributed by atoms with Crippen LogP contribution in [0.25, 0.3) is 0 Å². The van der Waals surface area contributed by atoms with Crippen LogP contribution in [-0.2, 0) is 10.6 Å². The lowest BCUT2D eigenvalue weighted by molar-refractivity contribution is -0.262. The van der Waals surface area contributed by atoms with E-state index in [1.807, 2.05) is 13.8 Å². The van der Waals surface area contributed by atoms with Crippen molar-refractivity contribution in [3.63, 3.8) is 0 Å². The highest BCUT2D eigenvalue weighted by Crippen LogP contribution is 2.43. The third kappa shape index (κ3) is 4.16. The minimum atomic E-state index is -1.77. The fourth-order valence-corrected chi connectivity index (χ4v) is 3.01. The van der Waals surface area contributed by atoms with Crippen LogP contribution in [0.3, 0.4) is 0 Å². The lowest BCUT2D eigenvalue weighted by atomic mass is 9.79. The Balaban J connectivity index is 2.64. The van der Waals surface area contributed by atoms with Crippen molar-refractivity contribution in [3.05, 3.63) is 40.9 Å². The van der Waals surface area contributed by atoms with E-state index in [1.54, 1.807) is 19.1 Å². The van der Waals surface area contributed by atoms with Gasteiger partial charge in [-0.25, -0.2) is 9.78 Å². The van der Waals surface area contributed by atoms with Crippen molar-refractivity contribution in [1.82, 2.24) is 14.8 Å². The standard InChI is InChI=1S/C16H19Cl3N4O3/c1-10(15(2,3)7-17)16(26-14(20)24,23-9-21-8-22-23)25-13-5-4-11(18)6-12(13)19/h4-6,8-10H,7H2,1-3H3,(H2,20,24). The summed E-state index contributed by atoms with van der Waals surface area (Å²) in [5.41, 5.74) is 4.79. The van der Waals surface area contributed by atoms with Gasteiger partial charge in [-0.2, -0.15) is 9.78 Å². The van der Waals surface area contributed by atoms with E-state index in [4.69, 9.17) is 50.0 Å². The molecule has 2 N–H and O–H groups in total. The van der Waals surface area contributed by atoms with Crippen LogP contribution in [0.4, 0.5) is 4.79 Å². The first-order valence-corrected chi connectivity index (χ1v) is 8.95. The zero-order valence-corrected chi connectivity index (χ0v) is 16.7. The molecule has 0 saturated heterocycles. The van der Waals surface area contributed by atoms with Gasteiger partial charge in [0.25, 0.3) is 0 Å². The number of alkyl halides is 1. The number of amides is 1. The molecule has 0 aliphatic rings. The molecule has 2 rings (SSSR count). The number of nitrogens with zero attached hydrogens (tertiary/aromatic N) is 3. The van der Waals surface area contributed by atoms with Gasteiger partial charge in [-0.3, -0.25) is 0 Å². The molecule has 0 aliphatic carbocycles. The summed E-state index contributed by atoms with van der Waals surface area (Å²) in [7, 11) is 0. The lowest BCUT2D eigenvalue weighted by Gasteiger charge is -2.43. The number of benzene rings is 1. The molecule has 0 spiro atoms. The molecule has 0 radical (unpaired) electrons. The van der Waals surface area contributed by atoms with Crippen molar-refractivity contribution >= 4 is 40.9 Å². The van der Waals surface area contributed by atoms with Gasteiger partial charge in [0, 0.05) is 10.9 Å². The molecule has 1 aromatic heterocycles. The molecule has 0 bridgehead atoms. The van der Waals surface area contributed by atoms with Crippen LogP contribution in [0, 0.1) is 11.3 Å². The second-order valence-corrected chi connectivity index (χ2v) is 7.52. The Bertz CT molecular complexity index is 770. The average Bonchev–Trinajstić information content (AvgIpc) is 3.10. The predicted molar refractivity (Wildman–Crippen MR) is 99.4 cm³/mol. The number of carbonyl (C=O) groups excluding carboxylic acids is 1. The Morgan fingerprint density at radius 3 is 2.58 bits per heavy atom. The Morgan fingerprint density at radius 2 is 2.08 bits per heavy atom. The van der Waals surface area contributed by atoms with Gasteiger partial charge in [-0.1, -0.05) is 44.0 Å². The fraction of sp³-hybridized carbons (Fsp3) is 0.438. The molecule has 1 amide bonds. The van der Waals surface area contributed by atoms with Gasteiger partial charge in [0.15, 0.2) is 0 Å². The molecule has 1 aromatic carbocycles. The first-order chi connectivity index (χ1) is 12.1. The monoisotopic (exact) mass is 420 g/mol. The first kappa shape index (κ1) is 20.6. The zero-order chi connectivity index (χ0) is 19.5. The Hall–Kier alpha value is -1.70. The van der Waals surface area contributed by atoms with Crippen molar-refractivity contribution in [1.29, 1.82) is 0 Å². The first-order valence-electron chi connectivity index (χ1n) is 7.66. The summed E-state index contributed by atoms with van der Waals surface area (Å²) < 4.78 is 12.8. The van der Waals surface area contributed by atoms with Crippen molar-refractivity contribution in [3.8, 4) is 5.75 Å². The van der Waals surface area contributed by atoms with E-state index >= 15 is 0 Å². The Morgan fingerprint density at radius 1 is 1.38 bits per heavy atom. The molecule has 2 aromatic rings. The molecule has 26 heavy (non-hydrogen) atoms. The smallest absolute Gasteiger partial charge is 0.409 e. The molecule has 0 fully saturated rings. The summed E-state index contributed by atoms with van der Waals surface area (Å²) in [4.78, 5) is 15.6. The summed E-state index contributed by atoms with van der Waals surface area (Å²) in [5, 5.41) is 4.75. The van der Waals surface area contributed by atoms with E-state index < -0.39 is 23.3 Å². The van der Waals surface area contributed by atoms with E-state index in [0.717, 1.165) is 0 Å². The molecule has 0 aliphatic heterocycles. The number of halogens is 3. The largest absolute Gasteiger partial charge is 0.432 e. The van der Waals surface area contributed by atoms with E-state index in [9.17, 15) is 4.79 Å². The third-order valence-electron chi connectivity index (χ3n) is 4.20. The van der Waals surface area contributed by atoms with Crippen molar-refractivity contribution in [2.75, 3.05) is 5.88 Å². The SMILES string of the molecule is CC(C(C)(C)CCl)C(OC(N)=O)(Oc1ccc(Cl)cc1Cl)n1cncn1. The van der Waals surface area contributed by atoms with Crippen LogP contribution < -0.4 is 10.5 Å². The second-order valence-electron chi connectivity index (χ2n) is 6.41. The maximum atomic E-state index is 11.7. The molecule has 7 nitrogen and oxygen atoms in total. The van der Waals surface area contributed by atoms with Gasteiger partial charge in [0.1, 0.15) is 18.4 Å². The number of rotatable bonds is 7. The summed E-state index contributed by atoms with van der Waals surface area (Å²) >= 11 is 18.3. The van der Waals surface area contributed by atoms with Gasteiger partial charge in [-0.05, 0) is 23.6 Å². The van der Waals surface area contributed by atoms with Crippen LogP contribution in [-0.4, -0.2) is 26.7 Å². The second kappa shape index (κ2) is 7.90. The maximum absolute atomic E-state index is 11.7. The van der Waals surface area contributed by atoms with Gasteiger partial charge in [0.05, 0.1) is 10.9 Å². The molecular weight excluding hydrogens is 403 g/mol. The number of carbonyl (C=O) groups is 1. The van der Waals surface area contributed by atoms with Crippen LogP contribution in [0.1, 0.15) is 20.8 Å². The number of nitrogens with two attached hydrogens (primary N) is 1. The quantitative estimate of drug-likeness (QED) is 0.532. The number of ether oxygens (including phenoxy) is 2. The summed E-state index contributed by atoms with van der Waals surface area (Å²) in [6.07, 6.45) is 1.59. The summed E-state index contributed by atoms with van der Waals surface area (Å²) in [6.45, 7) is 5.60. The van der Waals surface area contributed by atoms with E-state index in [0.29, 0.717) is 5.02 Å². The topological polar surface area (TPSA) is 92.3 Å². The highest BCUT2D eigenvalue weighted by molar-refractivity contribution is 6.35. The Labute approximate surface area is 166 Å². The van der Waals surface area contributed by atoms with E-state index in [-0.39, 0.29) is 16.7 Å². The normalized spacial score (nSPS) is 15.2. The molecular formula is C16H19Cl3N4O3. The summed E-state index contributed by atoms with van der Waals surface area (Å²) in [5.74, 6) is -1.79. The van der Waals surface area contributed by atoms with Crippen molar-refractivity contribution < 1.29 is 14.3 Å². The molecule has 142 valence electrons.